The van der Waals surface area contributed by atoms with Gasteiger partial charge in [0.05, 0.1) is 6.61 Å². The summed E-state index contributed by atoms with van der Waals surface area (Å²) in [5, 5.41) is 12.4. The Morgan fingerprint density at radius 1 is 1.06 bits per heavy atom. The highest BCUT2D eigenvalue weighted by Gasteiger charge is 2.08. The summed E-state index contributed by atoms with van der Waals surface area (Å²) in [5.74, 6) is 0.700. The van der Waals surface area contributed by atoms with Gasteiger partial charge in [-0.15, -0.1) is 0 Å². The fourth-order valence-corrected chi connectivity index (χ4v) is 1.99. The van der Waals surface area contributed by atoms with Crippen LogP contribution in [0.4, 0.5) is 0 Å². The molecule has 1 aromatic rings. The maximum Gasteiger partial charge on any atom is 0.0582 e. The lowest BCUT2D eigenvalue weighted by molar-refractivity contribution is 0.243. The summed E-state index contributed by atoms with van der Waals surface area (Å²) in [7, 11) is 0. The molecule has 0 aliphatic heterocycles. The largest absolute Gasteiger partial charge is 0.395 e. The normalized spacial score (nSPS) is 14.9. The molecule has 2 nitrogen and oxygen atoms in total. The molecule has 0 saturated carbocycles. The Morgan fingerprint density at radius 3 is 2.12 bits per heavy atom. The lowest BCUT2D eigenvalue weighted by atomic mass is 10.00. The van der Waals surface area contributed by atoms with Crippen molar-refractivity contribution in [3.8, 4) is 0 Å². The van der Waals surface area contributed by atoms with Crippen molar-refractivity contribution >= 4 is 0 Å². The number of hydrogen-bond acceptors (Lipinski definition) is 2. The van der Waals surface area contributed by atoms with E-state index in [1.54, 1.807) is 0 Å². The van der Waals surface area contributed by atoms with Gasteiger partial charge in [0.15, 0.2) is 0 Å². The summed E-state index contributed by atoms with van der Waals surface area (Å²) in [6.07, 6.45) is 1.13. The predicted octanol–water partition coefficient (Wildman–Crippen LogP) is 2.92. The number of nitrogens with one attached hydrogen (secondary N) is 1. The summed E-state index contributed by atoms with van der Waals surface area (Å²) in [6, 6.07) is 9.19. The highest BCUT2D eigenvalue weighted by molar-refractivity contribution is 5.25. The van der Waals surface area contributed by atoms with E-state index in [1.165, 1.54) is 11.1 Å². The Balaban J connectivity index is 2.60. The average Bonchev–Trinajstić information content (AvgIpc) is 2.28. The lowest BCUT2D eigenvalue weighted by Crippen LogP contribution is -2.31. The van der Waals surface area contributed by atoms with E-state index < -0.39 is 0 Å². The average molecular weight is 235 g/mol. The minimum Gasteiger partial charge on any atom is -0.395 e. The molecule has 1 aromatic carbocycles. The molecule has 0 radical (unpaired) electrons. The standard InChI is InChI=1S/C15H25NO/c1-11(2)9-14-5-7-15(8-6-14)13(4)16-12(3)10-17/h5-8,11-13,16-17H,9-10H2,1-4H3/t12-,13?/m1/s1. The van der Waals surface area contributed by atoms with Crippen molar-refractivity contribution in [2.24, 2.45) is 5.92 Å². The van der Waals surface area contributed by atoms with E-state index in [9.17, 15) is 0 Å². The molecule has 0 amide bonds. The predicted molar refractivity (Wildman–Crippen MR) is 73.1 cm³/mol. The van der Waals surface area contributed by atoms with Crippen molar-refractivity contribution in [3.63, 3.8) is 0 Å². The fourth-order valence-electron chi connectivity index (χ4n) is 1.99. The third-order valence-electron chi connectivity index (χ3n) is 2.93. The van der Waals surface area contributed by atoms with Gasteiger partial charge in [0.1, 0.15) is 0 Å². The van der Waals surface area contributed by atoms with E-state index in [-0.39, 0.29) is 18.7 Å². The van der Waals surface area contributed by atoms with Crippen molar-refractivity contribution in [1.29, 1.82) is 0 Å². The summed E-state index contributed by atoms with van der Waals surface area (Å²) in [6.45, 7) is 8.77. The van der Waals surface area contributed by atoms with Gasteiger partial charge in [-0.25, -0.2) is 0 Å². The van der Waals surface area contributed by atoms with Gasteiger partial charge in [-0.3, -0.25) is 0 Å². The van der Waals surface area contributed by atoms with Crippen LogP contribution < -0.4 is 5.32 Å². The Labute approximate surface area is 105 Å². The van der Waals surface area contributed by atoms with Crippen LogP contribution in [0.2, 0.25) is 0 Å². The number of benzene rings is 1. The first-order valence-electron chi connectivity index (χ1n) is 6.48. The molecule has 0 aliphatic rings. The first kappa shape index (κ1) is 14.2. The Bertz CT molecular complexity index is 318. The van der Waals surface area contributed by atoms with E-state index in [0.29, 0.717) is 5.92 Å². The lowest BCUT2D eigenvalue weighted by Gasteiger charge is -2.19. The molecule has 0 spiro atoms. The van der Waals surface area contributed by atoms with E-state index in [0.717, 1.165) is 6.42 Å². The van der Waals surface area contributed by atoms with Gasteiger partial charge in [0, 0.05) is 12.1 Å². The Kier molecular flexibility index (Phi) is 5.66. The third-order valence-corrected chi connectivity index (χ3v) is 2.93. The molecule has 0 aliphatic carbocycles. The molecule has 1 unspecified atom stereocenters. The Morgan fingerprint density at radius 2 is 1.65 bits per heavy atom. The van der Waals surface area contributed by atoms with E-state index in [1.807, 2.05) is 6.92 Å². The molecule has 2 heteroatoms. The summed E-state index contributed by atoms with van der Waals surface area (Å²) in [4.78, 5) is 0. The molecule has 96 valence electrons. The number of hydrogen-bond donors (Lipinski definition) is 2. The molecule has 0 fully saturated rings. The van der Waals surface area contributed by atoms with Gasteiger partial charge < -0.3 is 10.4 Å². The van der Waals surface area contributed by atoms with Gasteiger partial charge in [0.2, 0.25) is 0 Å². The summed E-state index contributed by atoms with van der Waals surface area (Å²) < 4.78 is 0. The zero-order chi connectivity index (χ0) is 12.8. The minimum absolute atomic E-state index is 0.139. The van der Waals surface area contributed by atoms with Crippen molar-refractivity contribution in [1.82, 2.24) is 5.32 Å². The smallest absolute Gasteiger partial charge is 0.0582 e. The van der Waals surface area contributed by atoms with Crippen LogP contribution in [-0.4, -0.2) is 17.8 Å². The highest BCUT2D eigenvalue weighted by Crippen LogP contribution is 2.15. The first-order valence-corrected chi connectivity index (χ1v) is 6.48. The van der Waals surface area contributed by atoms with Crippen LogP contribution >= 0.6 is 0 Å². The summed E-state index contributed by atoms with van der Waals surface area (Å²) >= 11 is 0. The van der Waals surface area contributed by atoms with Gasteiger partial charge in [-0.2, -0.15) is 0 Å². The molecule has 0 heterocycles. The second-order valence-electron chi connectivity index (χ2n) is 5.31. The zero-order valence-corrected chi connectivity index (χ0v) is 11.4. The Hall–Kier alpha value is -0.860. The second kappa shape index (κ2) is 6.77. The molecule has 17 heavy (non-hydrogen) atoms. The molecule has 0 bridgehead atoms. The molecule has 0 aromatic heterocycles. The van der Waals surface area contributed by atoms with Crippen LogP contribution in [0.15, 0.2) is 24.3 Å². The fraction of sp³-hybridized carbons (Fsp3) is 0.600. The quantitative estimate of drug-likeness (QED) is 0.794. The molecule has 2 atom stereocenters. The van der Waals surface area contributed by atoms with E-state index in [4.69, 9.17) is 5.11 Å². The molecular weight excluding hydrogens is 210 g/mol. The topological polar surface area (TPSA) is 32.3 Å². The van der Waals surface area contributed by atoms with Crippen molar-refractivity contribution < 1.29 is 5.11 Å². The molecule has 2 N–H and O–H groups in total. The first-order chi connectivity index (χ1) is 8.02. The van der Waals surface area contributed by atoms with Crippen LogP contribution in [0.25, 0.3) is 0 Å². The zero-order valence-electron chi connectivity index (χ0n) is 11.4. The molecule has 1 rings (SSSR count). The third kappa shape index (κ3) is 4.88. The second-order valence-corrected chi connectivity index (χ2v) is 5.31. The van der Waals surface area contributed by atoms with Gasteiger partial charge in [-0.1, -0.05) is 38.1 Å². The van der Waals surface area contributed by atoms with Crippen LogP contribution in [0.1, 0.15) is 44.9 Å². The van der Waals surface area contributed by atoms with E-state index in [2.05, 4.69) is 50.4 Å². The van der Waals surface area contributed by atoms with Crippen LogP contribution in [0.3, 0.4) is 0 Å². The SMILES string of the molecule is CC(C)Cc1ccc(C(C)N[C@H](C)CO)cc1. The van der Waals surface area contributed by atoms with Gasteiger partial charge >= 0.3 is 0 Å². The van der Waals surface area contributed by atoms with Gasteiger partial charge in [0.25, 0.3) is 0 Å². The number of aliphatic hydroxyl groups is 1. The van der Waals surface area contributed by atoms with Crippen molar-refractivity contribution in [2.75, 3.05) is 6.61 Å². The number of aliphatic hydroxyl groups excluding tert-OH is 1. The van der Waals surface area contributed by atoms with E-state index >= 15 is 0 Å². The van der Waals surface area contributed by atoms with Gasteiger partial charge in [-0.05, 0) is 37.3 Å². The van der Waals surface area contributed by atoms with Crippen LogP contribution in [0.5, 0.6) is 0 Å². The monoisotopic (exact) mass is 235 g/mol. The molecule has 0 saturated heterocycles. The van der Waals surface area contributed by atoms with Crippen LogP contribution in [0, 0.1) is 5.92 Å². The molecular formula is C15H25NO. The summed E-state index contributed by atoms with van der Waals surface area (Å²) in [5.41, 5.74) is 2.67. The highest BCUT2D eigenvalue weighted by atomic mass is 16.3. The maximum atomic E-state index is 9.01. The van der Waals surface area contributed by atoms with Crippen molar-refractivity contribution in [3.05, 3.63) is 35.4 Å². The minimum atomic E-state index is 0.139. The number of rotatable bonds is 6. The van der Waals surface area contributed by atoms with Crippen LogP contribution in [-0.2, 0) is 6.42 Å². The maximum absolute atomic E-state index is 9.01. The van der Waals surface area contributed by atoms with Crippen molar-refractivity contribution in [2.45, 2.75) is 46.2 Å².